The number of fused-ring (bicyclic) bond motifs is 2. The number of carbonyl (C=O) groups is 1. The van der Waals surface area contributed by atoms with Crippen molar-refractivity contribution in [3.63, 3.8) is 0 Å². The predicted octanol–water partition coefficient (Wildman–Crippen LogP) is 2.98. The molecule has 0 radical (unpaired) electrons. The fourth-order valence-electron chi connectivity index (χ4n) is 3.40. The highest BCUT2D eigenvalue weighted by molar-refractivity contribution is 5.97. The van der Waals surface area contributed by atoms with E-state index < -0.39 is 0 Å². The normalized spacial score (nSPS) is 18.7. The van der Waals surface area contributed by atoms with Crippen molar-refractivity contribution in [1.82, 2.24) is 0 Å². The van der Waals surface area contributed by atoms with Crippen molar-refractivity contribution < 1.29 is 14.3 Å². The summed E-state index contributed by atoms with van der Waals surface area (Å²) in [6, 6.07) is 14.1. The lowest BCUT2D eigenvalue weighted by Crippen LogP contribution is -2.36. The number of anilines is 1. The van der Waals surface area contributed by atoms with E-state index >= 15 is 0 Å². The zero-order chi connectivity index (χ0) is 15.8. The molecule has 1 unspecified atom stereocenters. The highest BCUT2D eigenvalue weighted by Crippen LogP contribution is 2.34. The second-order valence-electron chi connectivity index (χ2n) is 6.10. The molecule has 4 rings (SSSR count). The minimum atomic E-state index is 0.124. The molecule has 0 saturated carbocycles. The Morgan fingerprint density at radius 1 is 1.13 bits per heavy atom. The van der Waals surface area contributed by atoms with Crippen LogP contribution in [0.4, 0.5) is 5.69 Å². The first kappa shape index (κ1) is 14.1. The molecule has 118 valence electrons. The van der Waals surface area contributed by atoms with Gasteiger partial charge in [0.1, 0.15) is 13.2 Å². The Hall–Kier alpha value is -2.49. The van der Waals surface area contributed by atoms with E-state index in [1.807, 2.05) is 41.3 Å². The van der Waals surface area contributed by atoms with Crippen LogP contribution in [0.2, 0.25) is 0 Å². The number of rotatable bonds is 2. The molecule has 4 heteroatoms. The summed E-state index contributed by atoms with van der Waals surface area (Å²) >= 11 is 0. The molecule has 2 heterocycles. The fraction of sp³-hybridized carbons (Fsp3) is 0.316. The molecule has 23 heavy (non-hydrogen) atoms. The van der Waals surface area contributed by atoms with Gasteiger partial charge >= 0.3 is 0 Å². The van der Waals surface area contributed by atoms with Gasteiger partial charge in [-0.1, -0.05) is 24.3 Å². The molecule has 1 amide bonds. The quantitative estimate of drug-likeness (QED) is 0.856. The van der Waals surface area contributed by atoms with Gasteiger partial charge in [-0.2, -0.15) is 0 Å². The molecular formula is C19H19NO3. The lowest BCUT2D eigenvalue weighted by molar-refractivity contribution is -0.118. The van der Waals surface area contributed by atoms with Gasteiger partial charge in [-0.05, 0) is 42.7 Å². The molecule has 0 saturated heterocycles. The standard InChI is InChI=1S/C19H19NO3/c1-13-10-15-4-2-3-5-16(15)20(13)19(21)12-14-6-7-17-18(11-14)23-9-8-22-17/h2-7,11,13H,8-10,12H2,1H3. The smallest absolute Gasteiger partial charge is 0.231 e. The van der Waals surface area contributed by atoms with Crippen LogP contribution in [0.5, 0.6) is 11.5 Å². The van der Waals surface area contributed by atoms with Crippen molar-refractivity contribution in [3.05, 3.63) is 53.6 Å². The van der Waals surface area contributed by atoms with Gasteiger partial charge in [-0.15, -0.1) is 0 Å². The van der Waals surface area contributed by atoms with E-state index in [4.69, 9.17) is 9.47 Å². The van der Waals surface area contributed by atoms with Gasteiger partial charge in [-0.3, -0.25) is 4.79 Å². The van der Waals surface area contributed by atoms with E-state index in [1.54, 1.807) is 0 Å². The Bertz CT molecular complexity index is 756. The van der Waals surface area contributed by atoms with Crippen molar-refractivity contribution >= 4 is 11.6 Å². The highest BCUT2D eigenvalue weighted by atomic mass is 16.6. The summed E-state index contributed by atoms with van der Waals surface area (Å²) in [4.78, 5) is 14.7. The van der Waals surface area contributed by atoms with Crippen LogP contribution in [0.15, 0.2) is 42.5 Å². The van der Waals surface area contributed by atoms with Crippen molar-refractivity contribution in [1.29, 1.82) is 0 Å². The van der Waals surface area contributed by atoms with Gasteiger partial charge in [0.15, 0.2) is 11.5 Å². The van der Waals surface area contributed by atoms with Crippen LogP contribution < -0.4 is 14.4 Å². The van der Waals surface area contributed by atoms with Gasteiger partial charge in [0.25, 0.3) is 0 Å². The lowest BCUT2D eigenvalue weighted by atomic mass is 10.1. The third-order valence-electron chi connectivity index (χ3n) is 4.44. The Kier molecular flexibility index (Phi) is 3.45. The van der Waals surface area contributed by atoms with E-state index in [2.05, 4.69) is 13.0 Å². The predicted molar refractivity (Wildman–Crippen MR) is 88.2 cm³/mol. The summed E-state index contributed by atoms with van der Waals surface area (Å²) in [6.07, 6.45) is 1.29. The number of nitrogens with zero attached hydrogens (tertiary/aromatic N) is 1. The second-order valence-corrected chi connectivity index (χ2v) is 6.10. The van der Waals surface area contributed by atoms with Crippen LogP contribution in [-0.4, -0.2) is 25.2 Å². The van der Waals surface area contributed by atoms with Crippen molar-refractivity contribution in [2.24, 2.45) is 0 Å². The van der Waals surface area contributed by atoms with Crippen LogP contribution in [0, 0.1) is 0 Å². The Balaban J connectivity index is 1.56. The molecule has 0 aliphatic carbocycles. The number of amides is 1. The molecule has 0 spiro atoms. The Morgan fingerprint density at radius 2 is 1.91 bits per heavy atom. The molecule has 2 aromatic carbocycles. The summed E-state index contributed by atoms with van der Waals surface area (Å²) in [6.45, 7) is 3.23. The molecule has 0 fully saturated rings. The molecule has 2 aliphatic heterocycles. The van der Waals surface area contributed by atoms with Crippen LogP contribution in [-0.2, 0) is 17.6 Å². The number of carbonyl (C=O) groups excluding carboxylic acids is 1. The minimum Gasteiger partial charge on any atom is -0.486 e. The summed E-state index contributed by atoms with van der Waals surface area (Å²) in [5.74, 6) is 1.61. The fourth-order valence-corrected chi connectivity index (χ4v) is 3.40. The number of benzene rings is 2. The largest absolute Gasteiger partial charge is 0.486 e. The SMILES string of the molecule is CC1Cc2ccccc2N1C(=O)Cc1ccc2c(c1)OCCO2. The Morgan fingerprint density at radius 3 is 2.78 bits per heavy atom. The number of hydrogen-bond acceptors (Lipinski definition) is 3. The van der Waals surface area contributed by atoms with E-state index in [0.29, 0.717) is 19.6 Å². The van der Waals surface area contributed by atoms with Crippen molar-refractivity contribution in [2.75, 3.05) is 18.1 Å². The van der Waals surface area contributed by atoms with Crippen LogP contribution >= 0.6 is 0 Å². The monoisotopic (exact) mass is 309 g/mol. The van der Waals surface area contributed by atoms with Crippen LogP contribution in [0.3, 0.4) is 0 Å². The summed E-state index contributed by atoms with van der Waals surface area (Å²) in [5.41, 5.74) is 3.24. The van der Waals surface area contributed by atoms with Crippen molar-refractivity contribution in [3.8, 4) is 11.5 Å². The van der Waals surface area contributed by atoms with Gasteiger partial charge in [0.05, 0.1) is 6.42 Å². The summed E-state index contributed by atoms with van der Waals surface area (Å²) in [7, 11) is 0. The maximum atomic E-state index is 12.8. The molecule has 0 aromatic heterocycles. The molecule has 1 atom stereocenters. The van der Waals surface area contributed by atoms with Crippen LogP contribution in [0.25, 0.3) is 0 Å². The highest BCUT2D eigenvalue weighted by Gasteiger charge is 2.30. The summed E-state index contributed by atoms with van der Waals surface area (Å²) < 4.78 is 11.1. The van der Waals surface area contributed by atoms with Gasteiger partial charge in [-0.25, -0.2) is 0 Å². The average molecular weight is 309 g/mol. The first-order chi connectivity index (χ1) is 11.2. The van der Waals surface area contributed by atoms with Gasteiger partial charge in [0.2, 0.25) is 5.91 Å². The summed E-state index contributed by atoms with van der Waals surface area (Å²) in [5, 5.41) is 0. The molecule has 0 N–H and O–H groups in total. The first-order valence-corrected chi connectivity index (χ1v) is 8.01. The van der Waals surface area contributed by atoms with E-state index in [1.165, 1.54) is 5.56 Å². The molecule has 2 aromatic rings. The molecule has 4 nitrogen and oxygen atoms in total. The first-order valence-electron chi connectivity index (χ1n) is 8.01. The zero-order valence-electron chi connectivity index (χ0n) is 13.1. The maximum Gasteiger partial charge on any atom is 0.231 e. The molecule has 2 aliphatic rings. The van der Waals surface area contributed by atoms with Gasteiger partial charge in [0, 0.05) is 11.7 Å². The van der Waals surface area contributed by atoms with E-state index in [0.717, 1.165) is 29.2 Å². The maximum absolute atomic E-state index is 12.8. The number of ether oxygens (including phenoxy) is 2. The molecule has 0 bridgehead atoms. The zero-order valence-corrected chi connectivity index (χ0v) is 13.1. The molecular weight excluding hydrogens is 290 g/mol. The number of hydrogen-bond donors (Lipinski definition) is 0. The minimum absolute atomic E-state index is 0.124. The van der Waals surface area contributed by atoms with E-state index in [9.17, 15) is 4.79 Å². The lowest BCUT2D eigenvalue weighted by Gasteiger charge is -2.23. The topological polar surface area (TPSA) is 38.8 Å². The van der Waals surface area contributed by atoms with Gasteiger partial charge < -0.3 is 14.4 Å². The third-order valence-corrected chi connectivity index (χ3v) is 4.44. The third kappa shape index (κ3) is 2.54. The second kappa shape index (κ2) is 5.61. The number of para-hydroxylation sites is 1. The Labute approximate surface area is 135 Å². The van der Waals surface area contributed by atoms with E-state index in [-0.39, 0.29) is 11.9 Å². The average Bonchev–Trinajstić information content (AvgIpc) is 2.90. The van der Waals surface area contributed by atoms with Crippen LogP contribution in [0.1, 0.15) is 18.1 Å². The van der Waals surface area contributed by atoms with Crippen molar-refractivity contribution in [2.45, 2.75) is 25.8 Å².